The summed E-state index contributed by atoms with van der Waals surface area (Å²) >= 11 is 0. The number of phenolic OH excluding ortho intramolecular Hbond substituents is 1. The predicted octanol–water partition coefficient (Wildman–Crippen LogP) is 3.55. The van der Waals surface area contributed by atoms with Gasteiger partial charge >= 0.3 is 5.97 Å². The smallest absolute Gasteiger partial charge is 0.336 e. The highest BCUT2D eigenvalue weighted by molar-refractivity contribution is 6.00. The summed E-state index contributed by atoms with van der Waals surface area (Å²) in [6.45, 7) is 0. The fourth-order valence-corrected chi connectivity index (χ4v) is 3.23. The molecule has 5 nitrogen and oxygen atoms in total. The Morgan fingerprint density at radius 2 is 1.92 bits per heavy atom. The zero-order valence-corrected chi connectivity index (χ0v) is 13.5. The van der Waals surface area contributed by atoms with Gasteiger partial charge in [-0.25, -0.2) is 4.79 Å². The Morgan fingerprint density at radius 1 is 1.12 bits per heavy atom. The van der Waals surface area contributed by atoms with Crippen LogP contribution in [0.1, 0.15) is 21.5 Å². The third-order valence-corrected chi connectivity index (χ3v) is 4.40. The molecule has 0 bridgehead atoms. The van der Waals surface area contributed by atoms with E-state index in [9.17, 15) is 19.8 Å². The summed E-state index contributed by atoms with van der Waals surface area (Å²) in [4.78, 5) is 22.9. The normalized spacial score (nSPS) is 17.7. The number of aldehydes is 1. The third kappa shape index (κ3) is 2.50. The van der Waals surface area contributed by atoms with Crippen LogP contribution in [0.4, 0.5) is 0 Å². The molecule has 2 N–H and O–H groups in total. The third-order valence-electron chi connectivity index (χ3n) is 4.40. The van der Waals surface area contributed by atoms with Gasteiger partial charge in [-0.3, -0.25) is 0 Å². The largest absolute Gasteiger partial charge is 0.508 e. The quantitative estimate of drug-likeness (QED) is 0.830. The van der Waals surface area contributed by atoms with Crippen LogP contribution in [-0.4, -0.2) is 22.5 Å². The van der Waals surface area contributed by atoms with E-state index in [0.29, 0.717) is 33.8 Å². The molecule has 2 aromatic carbocycles. The van der Waals surface area contributed by atoms with Gasteiger partial charge in [0.15, 0.2) is 0 Å². The van der Waals surface area contributed by atoms with E-state index < -0.39 is 11.9 Å². The minimum Gasteiger partial charge on any atom is -0.508 e. The molecule has 1 aliphatic carbocycles. The molecule has 0 radical (unpaired) electrons. The van der Waals surface area contributed by atoms with Crippen molar-refractivity contribution in [2.24, 2.45) is 5.92 Å². The van der Waals surface area contributed by atoms with Crippen molar-refractivity contribution in [1.29, 1.82) is 0 Å². The molecule has 0 fully saturated rings. The summed E-state index contributed by atoms with van der Waals surface area (Å²) in [6.07, 6.45) is 5.99. The topological polar surface area (TPSA) is 83.8 Å². The zero-order chi connectivity index (χ0) is 18.3. The summed E-state index contributed by atoms with van der Waals surface area (Å²) in [5.74, 6) is -0.523. The lowest BCUT2D eigenvalue weighted by molar-refractivity contribution is -0.109. The molecule has 1 unspecified atom stereocenters. The Balaban J connectivity index is 2.04. The van der Waals surface area contributed by atoms with E-state index in [1.807, 2.05) is 0 Å². The fourth-order valence-electron chi connectivity index (χ4n) is 3.23. The number of rotatable bonds is 3. The van der Waals surface area contributed by atoms with Crippen molar-refractivity contribution < 1.29 is 24.5 Å². The van der Waals surface area contributed by atoms with E-state index >= 15 is 0 Å². The molecule has 0 saturated carbocycles. The van der Waals surface area contributed by atoms with E-state index in [1.54, 1.807) is 48.6 Å². The van der Waals surface area contributed by atoms with Crippen LogP contribution < -0.4 is 4.74 Å². The first-order valence-electron chi connectivity index (χ1n) is 8.02. The first kappa shape index (κ1) is 15.9. The summed E-state index contributed by atoms with van der Waals surface area (Å²) in [5, 5.41) is 19.4. The number of aromatic carboxylic acids is 1. The number of carboxylic acids is 1. The number of allylic oxidation sites excluding steroid dienone is 3. The van der Waals surface area contributed by atoms with E-state index in [0.717, 1.165) is 6.29 Å². The van der Waals surface area contributed by atoms with Crippen LogP contribution in [0.15, 0.2) is 72.0 Å². The highest BCUT2D eigenvalue weighted by atomic mass is 16.5. The molecule has 128 valence electrons. The lowest BCUT2D eigenvalue weighted by Gasteiger charge is -2.28. The van der Waals surface area contributed by atoms with E-state index in [2.05, 4.69) is 0 Å². The van der Waals surface area contributed by atoms with Crippen LogP contribution in [0.2, 0.25) is 0 Å². The number of carbonyl (C=O) groups is 2. The van der Waals surface area contributed by atoms with E-state index in [-0.39, 0.29) is 11.3 Å². The molecule has 0 spiro atoms. The summed E-state index contributed by atoms with van der Waals surface area (Å²) in [5.41, 5.74) is 2.79. The van der Waals surface area contributed by atoms with Crippen LogP contribution in [-0.2, 0) is 4.79 Å². The number of phenols is 1. The van der Waals surface area contributed by atoms with Gasteiger partial charge in [0, 0.05) is 22.8 Å². The molecule has 2 aliphatic rings. The highest BCUT2D eigenvalue weighted by Crippen LogP contribution is 2.45. The second-order valence-electron chi connectivity index (χ2n) is 6.03. The first-order valence-corrected chi connectivity index (χ1v) is 8.02. The standard InChI is InChI=1S/C21H14O5/c22-11-12-5-7-16-18(9-12)26-19-10-13(23)6-8-17(19)20(16)14-3-1-2-4-15(14)21(24)25/h1-12,23H,(H,24,25). The van der Waals surface area contributed by atoms with Gasteiger partial charge in [-0.15, -0.1) is 0 Å². The van der Waals surface area contributed by atoms with Crippen LogP contribution >= 0.6 is 0 Å². The SMILES string of the molecule is O=CC1C=CC2=C(c3ccccc3C(=O)O)c3ccc(O)cc3OC2=C1. The minimum absolute atomic E-state index is 0.0389. The Bertz CT molecular complexity index is 1030. The second-order valence-corrected chi connectivity index (χ2v) is 6.03. The number of fused-ring (bicyclic) bond motifs is 2. The number of carboxylic acid groups (broad SMARTS) is 1. The lowest BCUT2D eigenvalue weighted by atomic mass is 9.84. The Morgan fingerprint density at radius 3 is 2.69 bits per heavy atom. The van der Waals surface area contributed by atoms with Gasteiger partial charge in [0.1, 0.15) is 23.5 Å². The summed E-state index contributed by atoms with van der Waals surface area (Å²) in [7, 11) is 0. The minimum atomic E-state index is -1.03. The molecule has 2 aromatic rings. The van der Waals surface area contributed by atoms with Crippen molar-refractivity contribution in [3.8, 4) is 11.5 Å². The Hall–Kier alpha value is -3.60. The molecule has 1 atom stereocenters. The van der Waals surface area contributed by atoms with E-state index in [4.69, 9.17) is 4.74 Å². The molecule has 0 saturated heterocycles. The average Bonchev–Trinajstić information content (AvgIpc) is 2.65. The first-order chi connectivity index (χ1) is 12.6. The van der Waals surface area contributed by atoms with Crippen LogP contribution in [0.3, 0.4) is 0 Å². The van der Waals surface area contributed by atoms with Crippen molar-refractivity contribution in [1.82, 2.24) is 0 Å². The maximum Gasteiger partial charge on any atom is 0.336 e. The van der Waals surface area contributed by atoms with Gasteiger partial charge in [-0.2, -0.15) is 0 Å². The molecule has 5 heteroatoms. The molecular formula is C21H14O5. The maximum absolute atomic E-state index is 11.7. The zero-order valence-electron chi connectivity index (χ0n) is 13.5. The van der Waals surface area contributed by atoms with E-state index in [1.165, 1.54) is 12.1 Å². The molecule has 0 amide bonds. The van der Waals surface area contributed by atoms with Gasteiger partial charge in [0.2, 0.25) is 0 Å². The average molecular weight is 346 g/mol. The maximum atomic E-state index is 11.7. The number of hydrogen-bond acceptors (Lipinski definition) is 4. The molecule has 1 heterocycles. The van der Waals surface area contributed by atoms with Crippen molar-refractivity contribution in [2.75, 3.05) is 0 Å². The van der Waals surface area contributed by atoms with Crippen LogP contribution in [0, 0.1) is 5.92 Å². The van der Waals surface area contributed by atoms with Gasteiger partial charge in [-0.1, -0.05) is 30.4 Å². The fraction of sp³-hybridized carbons (Fsp3) is 0.0476. The van der Waals surface area contributed by atoms with Crippen molar-refractivity contribution >= 4 is 17.8 Å². The van der Waals surface area contributed by atoms with Gasteiger partial charge in [0.05, 0.1) is 11.5 Å². The number of aromatic hydroxyl groups is 1. The number of benzene rings is 2. The lowest BCUT2D eigenvalue weighted by Crippen LogP contribution is -2.15. The molecule has 1 aliphatic heterocycles. The Kier molecular flexibility index (Phi) is 3.69. The van der Waals surface area contributed by atoms with Gasteiger partial charge < -0.3 is 19.7 Å². The molecular weight excluding hydrogens is 332 g/mol. The number of ether oxygens (including phenoxy) is 1. The molecule has 0 aromatic heterocycles. The van der Waals surface area contributed by atoms with Gasteiger partial charge in [-0.05, 0) is 29.8 Å². The van der Waals surface area contributed by atoms with Gasteiger partial charge in [0.25, 0.3) is 0 Å². The number of hydrogen-bond donors (Lipinski definition) is 2. The summed E-state index contributed by atoms with van der Waals surface area (Å²) < 4.78 is 5.89. The van der Waals surface area contributed by atoms with Crippen molar-refractivity contribution in [3.05, 3.63) is 88.7 Å². The molecule has 26 heavy (non-hydrogen) atoms. The van der Waals surface area contributed by atoms with Crippen molar-refractivity contribution in [3.63, 3.8) is 0 Å². The summed E-state index contributed by atoms with van der Waals surface area (Å²) in [6, 6.07) is 11.4. The predicted molar refractivity (Wildman–Crippen MR) is 94.9 cm³/mol. The number of carbonyl (C=O) groups excluding carboxylic acids is 1. The molecule has 4 rings (SSSR count). The van der Waals surface area contributed by atoms with Crippen molar-refractivity contribution in [2.45, 2.75) is 0 Å². The monoisotopic (exact) mass is 346 g/mol. The second kappa shape index (κ2) is 6.04. The Labute approximate surface area is 149 Å². The van der Waals surface area contributed by atoms with Crippen LogP contribution in [0.25, 0.3) is 5.57 Å². The highest BCUT2D eigenvalue weighted by Gasteiger charge is 2.29. The van der Waals surface area contributed by atoms with Crippen LogP contribution in [0.5, 0.6) is 11.5 Å².